The van der Waals surface area contributed by atoms with Gasteiger partial charge in [0.15, 0.2) is 0 Å². The van der Waals surface area contributed by atoms with Crippen LogP contribution in [0, 0.1) is 5.82 Å². The van der Waals surface area contributed by atoms with Crippen LogP contribution in [-0.4, -0.2) is 38.9 Å². The maximum Gasteiger partial charge on any atom is 0.491 e. The van der Waals surface area contributed by atoms with Crippen LogP contribution in [0.15, 0.2) is 36.5 Å². The number of carbonyl (C=O) groups is 2. The van der Waals surface area contributed by atoms with Gasteiger partial charge in [-0.05, 0) is 18.2 Å². The molecular weight excluding hydrogens is 290 g/mol. The normalized spacial score (nSPS) is 13.5. The lowest BCUT2D eigenvalue weighted by molar-refractivity contribution is 0.0640. The van der Waals surface area contributed by atoms with Crippen molar-refractivity contribution in [1.29, 1.82) is 0 Å². The highest BCUT2D eigenvalue weighted by atomic mass is 19.1. The van der Waals surface area contributed by atoms with Gasteiger partial charge in [0.05, 0.1) is 29.6 Å². The Bertz CT molecular complexity index is 746. The van der Waals surface area contributed by atoms with Crippen LogP contribution in [0.4, 0.5) is 4.39 Å². The first kappa shape index (κ1) is 14.4. The molecule has 0 radical (unpaired) electrons. The van der Waals surface area contributed by atoms with Gasteiger partial charge in [-0.15, -0.1) is 0 Å². The quantitative estimate of drug-likeness (QED) is 0.600. The highest BCUT2D eigenvalue weighted by Crippen LogP contribution is 2.23. The van der Waals surface area contributed by atoms with E-state index < -0.39 is 24.7 Å². The molecule has 3 rings (SSSR count). The fourth-order valence-electron chi connectivity index (χ4n) is 2.33. The summed E-state index contributed by atoms with van der Waals surface area (Å²) in [5.41, 5.74) is 0.426. The minimum Gasteiger partial charge on any atom is -0.423 e. The van der Waals surface area contributed by atoms with E-state index in [0.717, 1.165) is 17.2 Å². The second-order valence-electron chi connectivity index (χ2n) is 4.81. The summed E-state index contributed by atoms with van der Waals surface area (Å²) in [6, 6.07) is 7.53. The van der Waals surface area contributed by atoms with E-state index in [0.29, 0.717) is 11.1 Å². The highest BCUT2D eigenvalue weighted by molar-refractivity contribution is 6.58. The molecule has 1 aromatic heterocycles. The van der Waals surface area contributed by atoms with Gasteiger partial charge < -0.3 is 10.0 Å². The summed E-state index contributed by atoms with van der Waals surface area (Å²) in [4.78, 5) is 29.2. The van der Waals surface area contributed by atoms with E-state index in [1.165, 1.54) is 0 Å². The molecule has 1 aliphatic rings. The molecule has 0 fully saturated rings. The van der Waals surface area contributed by atoms with E-state index in [1.54, 1.807) is 24.3 Å². The molecule has 0 bridgehead atoms. The number of aromatic nitrogens is 1. The number of amides is 2. The van der Waals surface area contributed by atoms with E-state index in [2.05, 4.69) is 4.98 Å². The van der Waals surface area contributed by atoms with Crippen molar-refractivity contribution in [2.24, 2.45) is 0 Å². The zero-order valence-electron chi connectivity index (χ0n) is 11.2. The Morgan fingerprint density at radius 2 is 1.73 bits per heavy atom. The number of carbonyl (C=O) groups excluding carboxylic acids is 2. The topological polar surface area (TPSA) is 90.7 Å². The van der Waals surface area contributed by atoms with Crippen molar-refractivity contribution in [2.45, 2.75) is 6.54 Å². The number of rotatable bonds is 3. The van der Waals surface area contributed by atoms with Crippen molar-refractivity contribution in [3.05, 3.63) is 59.2 Å². The summed E-state index contributed by atoms with van der Waals surface area (Å²) in [6.07, 6.45) is 0.822. The number of pyridine rings is 1. The van der Waals surface area contributed by atoms with Crippen LogP contribution in [0.2, 0.25) is 0 Å². The Morgan fingerprint density at radius 3 is 2.27 bits per heavy atom. The van der Waals surface area contributed by atoms with Crippen molar-refractivity contribution in [2.75, 3.05) is 0 Å². The van der Waals surface area contributed by atoms with Crippen LogP contribution in [-0.2, 0) is 6.54 Å². The molecular formula is C14H10BFN2O4. The molecule has 2 amide bonds. The van der Waals surface area contributed by atoms with Gasteiger partial charge in [0.25, 0.3) is 11.8 Å². The zero-order valence-corrected chi connectivity index (χ0v) is 11.2. The molecule has 2 heterocycles. The van der Waals surface area contributed by atoms with Gasteiger partial charge in [-0.1, -0.05) is 12.1 Å². The summed E-state index contributed by atoms with van der Waals surface area (Å²) >= 11 is 0. The number of imide groups is 1. The number of fused-ring (bicyclic) bond motifs is 1. The van der Waals surface area contributed by atoms with Crippen LogP contribution in [0.25, 0.3) is 0 Å². The molecule has 110 valence electrons. The van der Waals surface area contributed by atoms with Crippen LogP contribution in [0.3, 0.4) is 0 Å². The van der Waals surface area contributed by atoms with Crippen LogP contribution >= 0.6 is 0 Å². The van der Waals surface area contributed by atoms with Crippen molar-refractivity contribution in [3.63, 3.8) is 0 Å². The average molecular weight is 300 g/mol. The number of hydrogen-bond acceptors (Lipinski definition) is 5. The molecule has 0 saturated carbocycles. The monoisotopic (exact) mass is 300 g/mol. The molecule has 1 aromatic carbocycles. The first-order valence-electron chi connectivity index (χ1n) is 6.44. The third kappa shape index (κ3) is 2.28. The van der Waals surface area contributed by atoms with Gasteiger partial charge in [-0.3, -0.25) is 19.5 Å². The molecule has 0 aliphatic carbocycles. The summed E-state index contributed by atoms with van der Waals surface area (Å²) in [5, 5.41) is 18.2. The fraction of sp³-hybridized carbons (Fsp3) is 0.0714. The minimum absolute atomic E-state index is 0.174. The van der Waals surface area contributed by atoms with Gasteiger partial charge in [0.2, 0.25) is 0 Å². The van der Waals surface area contributed by atoms with Crippen LogP contribution < -0.4 is 5.46 Å². The fourth-order valence-corrected chi connectivity index (χ4v) is 2.33. The number of nitrogens with zero attached hydrogens (tertiary/aromatic N) is 2. The second kappa shape index (κ2) is 5.32. The van der Waals surface area contributed by atoms with E-state index in [1.807, 2.05) is 0 Å². The maximum absolute atomic E-state index is 13.4. The lowest BCUT2D eigenvalue weighted by atomic mass is 9.80. The van der Waals surface area contributed by atoms with Gasteiger partial charge in [-0.2, -0.15) is 0 Å². The van der Waals surface area contributed by atoms with Crippen LogP contribution in [0.1, 0.15) is 26.4 Å². The molecule has 2 N–H and O–H groups in total. The largest absolute Gasteiger partial charge is 0.491 e. The van der Waals surface area contributed by atoms with Crippen LogP contribution in [0.5, 0.6) is 0 Å². The molecule has 6 nitrogen and oxygen atoms in total. The average Bonchev–Trinajstić information content (AvgIpc) is 2.74. The summed E-state index contributed by atoms with van der Waals surface area (Å²) in [7, 11) is -2.00. The Balaban J connectivity index is 1.91. The van der Waals surface area contributed by atoms with Crippen molar-refractivity contribution < 1.29 is 24.0 Å². The minimum atomic E-state index is -2.00. The Kier molecular flexibility index (Phi) is 3.47. The standard InChI is InChI=1S/C14H10BFN2O4/c16-12-6-17-8(5-11(12)15(21)22)7-18-13(19)9-3-1-2-4-10(9)14(18)20/h1-6,21-22H,7H2. The molecule has 1 aliphatic heterocycles. The predicted molar refractivity (Wildman–Crippen MR) is 74.7 cm³/mol. The van der Waals surface area contributed by atoms with Crippen molar-refractivity contribution in [1.82, 2.24) is 9.88 Å². The smallest absolute Gasteiger partial charge is 0.423 e. The molecule has 0 atom stereocenters. The third-order valence-electron chi connectivity index (χ3n) is 3.42. The molecule has 8 heteroatoms. The Hall–Kier alpha value is -2.58. The molecule has 0 spiro atoms. The molecule has 2 aromatic rings. The Morgan fingerprint density at radius 1 is 1.14 bits per heavy atom. The maximum atomic E-state index is 13.4. The Labute approximate surface area is 125 Å². The van der Waals surface area contributed by atoms with E-state index in [4.69, 9.17) is 10.0 Å². The summed E-state index contributed by atoms with van der Waals surface area (Å²) < 4.78 is 13.4. The number of halogens is 1. The first-order chi connectivity index (χ1) is 10.5. The highest BCUT2D eigenvalue weighted by Gasteiger charge is 2.35. The van der Waals surface area contributed by atoms with Gasteiger partial charge >= 0.3 is 7.12 Å². The molecule has 0 saturated heterocycles. The zero-order chi connectivity index (χ0) is 15.9. The lowest BCUT2D eigenvalue weighted by Gasteiger charge is -2.14. The second-order valence-corrected chi connectivity index (χ2v) is 4.81. The predicted octanol–water partition coefficient (Wildman–Crippen LogP) is -0.303. The molecule has 0 unspecified atom stereocenters. The van der Waals surface area contributed by atoms with Crippen molar-refractivity contribution in [3.8, 4) is 0 Å². The van der Waals surface area contributed by atoms with Crippen molar-refractivity contribution >= 4 is 24.4 Å². The van der Waals surface area contributed by atoms with Gasteiger partial charge in [0, 0.05) is 5.46 Å². The third-order valence-corrected chi connectivity index (χ3v) is 3.42. The van der Waals surface area contributed by atoms with E-state index >= 15 is 0 Å². The lowest BCUT2D eigenvalue weighted by Crippen LogP contribution is -2.35. The molecule has 22 heavy (non-hydrogen) atoms. The summed E-state index contributed by atoms with van der Waals surface area (Å²) in [6.45, 7) is -0.174. The van der Waals surface area contributed by atoms with Gasteiger partial charge in [-0.25, -0.2) is 4.39 Å². The van der Waals surface area contributed by atoms with Gasteiger partial charge in [0.1, 0.15) is 5.82 Å². The van der Waals surface area contributed by atoms with E-state index in [-0.39, 0.29) is 17.7 Å². The number of benzene rings is 1. The van der Waals surface area contributed by atoms with E-state index in [9.17, 15) is 14.0 Å². The SMILES string of the molecule is O=C1c2ccccc2C(=O)N1Cc1cc(B(O)O)c(F)cn1. The number of hydrogen-bond donors (Lipinski definition) is 2. The first-order valence-corrected chi connectivity index (χ1v) is 6.44. The summed E-state index contributed by atoms with van der Waals surface area (Å²) in [5.74, 6) is -1.79.